The Labute approximate surface area is 158 Å². The van der Waals surface area contributed by atoms with Gasteiger partial charge in [0.25, 0.3) is 0 Å². The fraction of sp³-hybridized carbons (Fsp3) is 0.333. The number of fused-ring (bicyclic) bond motifs is 1. The Bertz CT molecular complexity index is 819. The average Bonchev–Trinajstić information content (AvgIpc) is 2.94. The molecule has 0 bridgehead atoms. The van der Waals surface area contributed by atoms with Crippen molar-refractivity contribution >= 4 is 5.69 Å². The molecule has 1 N–H and O–H groups in total. The molecular formula is C21H23FN2O3. The highest BCUT2D eigenvalue weighted by molar-refractivity contribution is 5.48. The number of ether oxygens (including phenoxy) is 2. The molecule has 0 spiro atoms. The number of nitrogens with zero attached hydrogens (tertiary/aromatic N) is 2. The zero-order valence-electron chi connectivity index (χ0n) is 15.1. The second-order valence-corrected chi connectivity index (χ2v) is 6.76. The van der Waals surface area contributed by atoms with E-state index in [9.17, 15) is 9.50 Å². The van der Waals surface area contributed by atoms with Crippen LogP contribution in [0, 0.1) is 5.82 Å². The molecule has 2 heterocycles. The van der Waals surface area contributed by atoms with Crippen molar-refractivity contribution in [1.29, 1.82) is 0 Å². The van der Waals surface area contributed by atoms with Crippen molar-refractivity contribution in [3.8, 4) is 11.5 Å². The molecule has 1 atom stereocenters. The molecule has 0 amide bonds. The van der Waals surface area contributed by atoms with Crippen LogP contribution in [0.2, 0.25) is 0 Å². The Morgan fingerprint density at radius 2 is 1.85 bits per heavy atom. The zero-order valence-corrected chi connectivity index (χ0v) is 15.1. The van der Waals surface area contributed by atoms with Gasteiger partial charge in [-0.3, -0.25) is 4.90 Å². The zero-order chi connectivity index (χ0) is 18.6. The topological polar surface area (TPSA) is 45.2 Å². The van der Waals surface area contributed by atoms with Gasteiger partial charge in [0.2, 0.25) is 0 Å². The molecular weight excluding hydrogens is 347 g/mol. The average molecular weight is 370 g/mol. The third-order valence-electron chi connectivity index (χ3n) is 4.98. The van der Waals surface area contributed by atoms with Gasteiger partial charge in [-0.1, -0.05) is 18.2 Å². The smallest absolute Gasteiger partial charge is 0.168 e. The lowest BCUT2D eigenvalue weighted by Crippen LogP contribution is -2.47. The third kappa shape index (κ3) is 4.07. The standard InChI is InChI=1S/C21H23FN2O3/c22-17-4-1-2-5-18(17)24-10-8-23(9-11-24)15-19(25)16-6-7-20-21(14-16)27-13-3-12-26-20/h1-7,12,14,19,25H,8-11,13,15H2. The number of hydrogen-bond acceptors (Lipinski definition) is 5. The van der Waals surface area contributed by atoms with Gasteiger partial charge >= 0.3 is 0 Å². The predicted molar refractivity (Wildman–Crippen MR) is 102 cm³/mol. The van der Waals surface area contributed by atoms with Crippen molar-refractivity contribution in [2.45, 2.75) is 6.10 Å². The first-order valence-electron chi connectivity index (χ1n) is 9.19. The van der Waals surface area contributed by atoms with Gasteiger partial charge in [0, 0.05) is 32.7 Å². The summed E-state index contributed by atoms with van der Waals surface area (Å²) in [5, 5.41) is 10.6. The molecule has 0 saturated carbocycles. The summed E-state index contributed by atoms with van der Waals surface area (Å²) in [6.07, 6.45) is 2.79. The lowest BCUT2D eigenvalue weighted by molar-refractivity contribution is 0.109. The first-order chi connectivity index (χ1) is 13.2. The Hall–Kier alpha value is -2.57. The van der Waals surface area contributed by atoms with Crippen LogP contribution in [0.4, 0.5) is 10.1 Å². The fourth-order valence-corrected chi connectivity index (χ4v) is 3.47. The van der Waals surface area contributed by atoms with E-state index in [2.05, 4.69) is 9.80 Å². The third-order valence-corrected chi connectivity index (χ3v) is 4.98. The van der Waals surface area contributed by atoms with Crippen molar-refractivity contribution < 1.29 is 19.0 Å². The van der Waals surface area contributed by atoms with E-state index in [4.69, 9.17) is 9.47 Å². The summed E-state index contributed by atoms with van der Waals surface area (Å²) in [4.78, 5) is 4.26. The van der Waals surface area contributed by atoms with Crippen LogP contribution in [0.15, 0.2) is 54.8 Å². The molecule has 1 saturated heterocycles. The number of para-hydroxylation sites is 1. The van der Waals surface area contributed by atoms with E-state index < -0.39 is 6.10 Å². The maximum absolute atomic E-state index is 13.9. The number of β-amino-alcohol motifs (C(OH)–C–C–N with tert-alkyl or cyclic N) is 1. The molecule has 0 aromatic heterocycles. The number of piperazine rings is 1. The Morgan fingerprint density at radius 3 is 2.67 bits per heavy atom. The highest BCUT2D eigenvalue weighted by Gasteiger charge is 2.22. The van der Waals surface area contributed by atoms with E-state index in [1.807, 2.05) is 30.3 Å². The number of anilines is 1. The Balaban J connectivity index is 1.35. The quantitative estimate of drug-likeness (QED) is 0.897. The summed E-state index contributed by atoms with van der Waals surface area (Å²) in [6, 6.07) is 12.4. The predicted octanol–water partition coefficient (Wildman–Crippen LogP) is 2.97. The highest BCUT2D eigenvalue weighted by atomic mass is 19.1. The van der Waals surface area contributed by atoms with Gasteiger partial charge in [0.1, 0.15) is 12.4 Å². The van der Waals surface area contributed by atoms with Crippen LogP contribution in [0.1, 0.15) is 11.7 Å². The van der Waals surface area contributed by atoms with Crippen molar-refractivity contribution in [1.82, 2.24) is 4.90 Å². The minimum absolute atomic E-state index is 0.187. The highest BCUT2D eigenvalue weighted by Crippen LogP contribution is 2.32. The van der Waals surface area contributed by atoms with Crippen LogP contribution in [0.3, 0.4) is 0 Å². The van der Waals surface area contributed by atoms with Crippen LogP contribution >= 0.6 is 0 Å². The molecule has 0 radical (unpaired) electrons. The van der Waals surface area contributed by atoms with Gasteiger partial charge in [-0.25, -0.2) is 4.39 Å². The molecule has 1 unspecified atom stereocenters. The summed E-state index contributed by atoms with van der Waals surface area (Å²) in [7, 11) is 0. The molecule has 27 heavy (non-hydrogen) atoms. The second-order valence-electron chi connectivity index (χ2n) is 6.76. The van der Waals surface area contributed by atoms with E-state index in [0.29, 0.717) is 30.3 Å². The summed E-state index contributed by atoms with van der Waals surface area (Å²) in [6.45, 7) is 4.01. The van der Waals surface area contributed by atoms with E-state index in [0.717, 1.165) is 31.7 Å². The van der Waals surface area contributed by atoms with E-state index in [-0.39, 0.29) is 5.82 Å². The van der Waals surface area contributed by atoms with Crippen molar-refractivity contribution in [3.63, 3.8) is 0 Å². The molecule has 6 heteroatoms. The van der Waals surface area contributed by atoms with Gasteiger partial charge < -0.3 is 19.5 Å². The summed E-state index contributed by atoms with van der Waals surface area (Å²) < 4.78 is 25.0. The molecule has 1 fully saturated rings. The van der Waals surface area contributed by atoms with Gasteiger partial charge in [-0.05, 0) is 35.9 Å². The normalized spacial score (nSPS) is 18.2. The Morgan fingerprint density at radius 1 is 1.04 bits per heavy atom. The fourth-order valence-electron chi connectivity index (χ4n) is 3.47. The molecule has 0 aliphatic carbocycles. The van der Waals surface area contributed by atoms with Crippen LogP contribution < -0.4 is 14.4 Å². The maximum atomic E-state index is 13.9. The molecule has 2 aromatic carbocycles. The first kappa shape index (κ1) is 17.8. The van der Waals surface area contributed by atoms with Crippen molar-refractivity contribution in [2.24, 2.45) is 0 Å². The van der Waals surface area contributed by atoms with E-state index >= 15 is 0 Å². The van der Waals surface area contributed by atoms with Gasteiger partial charge in [0.15, 0.2) is 11.5 Å². The van der Waals surface area contributed by atoms with Crippen LogP contribution in [-0.4, -0.2) is 49.3 Å². The summed E-state index contributed by atoms with van der Waals surface area (Å²) in [5.74, 6) is 1.10. The molecule has 2 aliphatic heterocycles. The number of rotatable bonds is 4. The molecule has 2 aliphatic rings. The molecule has 142 valence electrons. The minimum Gasteiger partial charge on any atom is -0.485 e. The minimum atomic E-state index is -0.616. The summed E-state index contributed by atoms with van der Waals surface area (Å²) >= 11 is 0. The van der Waals surface area contributed by atoms with Gasteiger partial charge in [0.05, 0.1) is 18.1 Å². The largest absolute Gasteiger partial charge is 0.485 e. The Kier molecular flexibility index (Phi) is 5.27. The summed E-state index contributed by atoms with van der Waals surface area (Å²) in [5.41, 5.74) is 1.45. The number of hydrogen-bond donors (Lipinski definition) is 1. The molecule has 4 rings (SSSR count). The van der Waals surface area contributed by atoms with Crippen LogP contribution in [0.25, 0.3) is 0 Å². The number of benzene rings is 2. The van der Waals surface area contributed by atoms with Gasteiger partial charge in [-0.2, -0.15) is 0 Å². The number of aliphatic hydroxyl groups excluding tert-OH is 1. The lowest BCUT2D eigenvalue weighted by atomic mass is 10.1. The van der Waals surface area contributed by atoms with Gasteiger partial charge in [-0.15, -0.1) is 0 Å². The van der Waals surface area contributed by atoms with Crippen molar-refractivity contribution in [3.05, 3.63) is 66.2 Å². The van der Waals surface area contributed by atoms with E-state index in [1.54, 1.807) is 18.4 Å². The second kappa shape index (κ2) is 7.98. The first-order valence-corrected chi connectivity index (χ1v) is 9.19. The molecule has 2 aromatic rings. The van der Waals surface area contributed by atoms with Crippen LogP contribution in [-0.2, 0) is 0 Å². The van der Waals surface area contributed by atoms with E-state index in [1.165, 1.54) is 6.07 Å². The van der Waals surface area contributed by atoms with Crippen molar-refractivity contribution in [2.75, 3.05) is 44.2 Å². The number of aliphatic hydroxyl groups is 1. The lowest BCUT2D eigenvalue weighted by Gasteiger charge is -2.37. The SMILES string of the molecule is OC(CN1CCN(c2ccccc2F)CC1)c1ccc2c(c1)OCC=CO2. The monoisotopic (exact) mass is 370 g/mol. The number of halogens is 1. The maximum Gasteiger partial charge on any atom is 0.168 e. The molecule has 5 nitrogen and oxygen atoms in total. The van der Waals surface area contributed by atoms with Crippen LogP contribution in [0.5, 0.6) is 11.5 Å².